The van der Waals surface area contributed by atoms with E-state index >= 15 is 0 Å². The standard InChI is InChI=1S/C27H27N3O2/c1-29(25-13-7-15-30(19-25)24-11-3-2-4-12-24)27(31)23-10-5-9-22(16-23)20-32-26-14-6-8-21(17-26)18-28/h2-6,8-12,14,16-17,25H,7,13,15,19-20H2,1H3. The molecule has 1 fully saturated rings. The molecule has 3 aromatic carbocycles. The fourth-order valence-corrected chi connectivity index (χ4v) is 4.13. The molecule has 4 rings (SSSR count). The zero-order valence-electron chi connectivity index (χ0n) is 18.3. The van der Waals surface area contributed by atoms with Crippen molar-refractivity contribution < 1.29 is 9.53 Å². The Morgan fingerprint density at radius 2 is 1.91 bits per heavy atom. The van der Waals surface area contributed by atoms with Crippen molar-refractivity contribution in [2.75, 3.05) is 25.0 Å². The second-order valence-corrected chi connectivity index (χ2v) is 8.12. The molecule has 1 aliphatic heterocycles. The number of anilines is 1. The summed E-state index contributed by atoms with van der Waals surface area (Å²) in [4.78, 5) is 17.5. The van der Waals surface area contributed by atoms with Crippen molar-refractivity contribution in [2.45, 2.75) is 25.5 Å². The predicted octanol–water partition coefficient (Wildman–Crippen LogP) is 4.88. The van der Waals surface area contributed by atoms with Gasteiger partial charge in [-0.15, -0.1) is 0 Å². The Labute approximate surface area is 189 Å². The van der Waals surface area contributed by atoms with Gasteiger partial charge in [-0.05, 0) is 60.9 Å². The minimum Gasteiger partial charge on any atom is -0.489 e. The van der Waals surface area contributed by atoms with Crippen LogP contribution in [0.25, 0.3) is 0 Å². The summed E-state index contributed by atoms with van der Waals surface area (Å²) < 4.78 is 5.83. The Kier molecular flexibility index (Phi) is 6.72. The van der Waals surface area contributed by atoms with Gasteiger partial charge in [-0.1, -0.05) is 36.4 Å². The lowest BCUT2D eigenvalue weighted by Crippen LogP contribution is -2.48. The topological polar surface area (TPSA) is 56.6 Å². The maximum absolute atomic E-state index is 13.2. The van der Waals surface area contributed by atoms with Crippen molar-refractivity contribution >= 4 is 11.6 Å². The SMILES string of the molecule is CN(C(=O)c1cccc(COc2cccc(C#N)c2)c1)C1CCCN(c2ccccc2)C1. The Balaban J connectivity index is 1.41. The Morgan fingerprint density at radius 1 is 1.09 bits per heavy atom. The van der Waals surface area contributed by atoms with E-state index in [1.807, 2.05) is 48.3 Å². The van der Waals surface area contributed by atoms with Gasteiger partial charge < -0.3 is 14.5 Å². The molecule has 0 saturated carbocycles. The molecule has 0 N–H and O–H groups in total. The summed E-state index contributed by atoms with van der Waals surface area (Å²) in [6.07, 6.45) is 2.07. The van der Waals surface area contributed by atoms with Crippen LogP contribution < -0.4 is 9.64 Å². The molecule has 1 aliphatic rings. The lowest BCUT2D eigenvalue weighted by atomic mass is 10.0. The fourth-order valence-electron chi connectivity index (χ4n) is 4.13. The number of nitriles is 1. The van der Waals surface area contributed by atoms with Gasteiger partial charge in [-0.3, -0.25) is 4.79 Å². The molecular weight excluding hydrogens is 398 g/mol. The second kappa shape index (κ2) is 10.0. The third-order valence-corrected chi connectivity index (χ3v) is 5.93. The predicted molar refractivity (Wildman–Crippen MR) is 126 cm³/mol. The van der Waals surface area contributed by atoms with Gasteiger partial charge in [0.2, 0.25) is 0 Å². The van der Waals surface area contributed by atoms with E-state index in [4.69, 9.17) is 10.00 Å². The van der Waals surface area contributed by atoms with Crippen LogP contribution in [0.5, 0.6) is 5.75 Å². The van der Waals surface area contributed by atoms with E-state index in [2.05, 4.69) is 35.2 Å². The number of benzene rings is 3. The quantitative estimate of drug-likeness (QED) is 0.565. The summed E-state index contributed by atoms with van der Waals surface area (Å²) >= 11 is 0. The van der Waals surface area contributed by atoms with E-state index in [0.29, 0.717) is 23.5 Å². The van der Waals surface area contributed by atoms with Crippen molar-refractivity contribution in [2.24, 2.45) is 0 Å². The van der Waals surface area contributed by atoms with Crippen LogP contribution in [0.3, 0.4) is 0 Å². The maximum Gasteiger partial charge on any atom is 0.253 e. The summed E-state index contributed by atoms with van der Waals surface area (Å²) in [6.45, 7) is 2.19. The molecule has 1 heterocycles. The number of nitrogens with zero attached hydrogens (tertiary/aromatic N) is 3. The van der Waals surface area contributed by atoms with Gasteiger partial charge in [0.05, 0.1) is 11.6 Å². The minimum atomic E-state index is 0.0261. The first-order valence-electron chi connectivity index (χ1n) is 10.9. The summed E-state index contributed by atoms with van der Waals surface area (Å²) in [7, 11) is 1.90. The molecule has 1 unspecified atom stereocenters. The lowest BCUT2D eigenvalue weighted by molar-refractivity contribution is 0.0717. The maximum atomic E-state index is 13.2. The average molecular weight is 426 g/mol. The Morgan fingerprint density at radius 3 is 2.72 bits per heavy atom. The van der Waals surface area contributed by atoms with Crippen LogP contribution >= 0.6 is 0 Å². The number of hydrogen-bond donors (Lipinski definition) is 0. The van der Waals surface area contributed by atoms with Gasteiger partial charge in [-0.2, -0.15) is 5.26 Å². The van der Waals surface area contributed by atoms with E-state index in [9.17, 15) is 4.79 Å². The van der Waals surface area contributed by atoms with E-state index in [1.54, 1.807) is 18.2 Å². The molecule has 32 heavy (non-hydrogen) atoms. The van der Waals surface area contributed by atoms with E-state index in [0.717, 1.165) is 31.5 Å². The number of piperidine rings is 1. The van der Waals surface area contributed by atoms with Gasteiger partial charge >= 0.3 is 0 Å². The average Bonchev–Trinajstić information content (AvgIpc) is 2.87. The first-order chi connectivity index (χ1) is 15.6. The van der Waals surface area contributed by atoms with Crippen molar-refractivity contribution in [3.63, 3.8) is 0 Å². The van der Waals surface area contributed by atoms with Gasteiger partial charge in [0.15, 0.2) is 0 Å². The number of hydrogen-bond acceptors (Lipinski definition) is 4. The van der Waals surface area contributed by atoms with Crippen LogP contribution in [-0.4, -0.2) is 37.0 Å². The van der Waals surface area contributed by atoms with Crippen LogP contribution in [0.15, 0.2) is 78.9 Å². The molecule has 162 valence electrons. The van der Waals surface area contributed by atoms with Crippen LogP contribution in [0, 0.1) is 11.3 Å². The molecule has 0 aliphatic carbocycles. The van der Waals surface area contributed by atoms with Crippen LogP contribution in [0.2, 0.25) is 0 Å². The number of amides is 1. The lowest BCUT2D eigenvalue weighted by Gasteiger charge is -2.39. The molecule has 3 aromatic rings. The van der Waals surface area contributed by atoms with E-state index in [-0.39, 0.29) is 11.9 Å². The largest absolute Gasteiger partial charge is 0.489 e. The third-order valence-electron chi connectivity index (χ3n) is 5.93. The van der Waals surface area contributed by atoms with Crippen molar-refractivity contribution in [3.8, 4) is 11.8 Å². The molecule has 0 radical (unpaired) electrons. The molecule has 1 atom stereocenters. The smallest absolute Gasteiger partial charge is 0.253 e. The molecule has 1 amide bonds. The number of ether oxygens (including phenoxy) is 1. The number of likely N-dealkylation sites (N-methyl/N-ethyl adjacent to an activating group) is 1. The second-order valence-electron chi connectivity index (χ2n) is 8.12. The minimum absolute atomic E-state index is 0.0261. The van der Waals surface area contributed by atoms with Gasteiger partial charge in [-0.25, -0.2) is 0 Å². The van der Waals surface area contributed by atoms with E-state index < -0.39 is 0 Å². The summed E-state index contributed by atoms with van der Waals surface area (Å²) in [6, 6.07) is 27.3. The highest BCUT2D eigenvalue weighted by molar-refractivity contribution is 5.94. The fraction of sp³-hybridized carbons (Fsp3) is 0.259. The number of para-hydroxylation sites is 1. The summed E-state index contributed by atoms with van der Waals surface area (Å²) in [5.41, 5.74) is 3.35. The monoisotopic (exact) mass is 425 g/mol. The normalized spacial score (nSPS) is 15.6. The zero-order valence-corrected chi connectivity index (χ0v) is 18.3. The van der Waals surface area contributed by atoms with Gasteiger partial charge in [0.25, 0.3) is 5.91 Å². The molecule has 5 heteroatoms. The van der Waals surface area contributed by atoms with Crippen LogP contribution in [0.1, 0.15) is 34.3 Å². The van der Waals surface area contributed by atoms with Crippen LogP contribution in [0.4, 0.5) is 5.69 Å². The highest BCUT2D eigenvalue weighted by Gasteiger charge is 2.27. The van der Waals surface area contributed by atoms with Crippen molar-refractivity contribution in [3.05, 3.63) is 95.6 Å². The Hall–Kier alpha value is -3.78. The molecule has 0 aromatic heterocycles. The van der Waals surface area contributed by atoms with Gasteiger partial charge in [0.1, 0.15) is 12.4 Å². The third kappa shape index (κ3) is 5.09. The molecule has 1 saturated heterocycles. The summed E-state index contributed by atoms with van der Waals surface area (Å²) in [5, 5.41) is 9.03. The first-order valence-corrected chi connectivity index (χ1v) is 10.9. The molecular formula is C27H27N3O2. The van der Waals surface area contributed by atoms with Crippen LogP contribution in [-0.2, 0) is 6.61 Å². The first kappa shape index (κ1) is 21.5. The number of carbonyl (C=O) groups excluding carboxylic acids is 1. The zero-order chi connectivity index (χ0) is 22.3. The summed E-state index contributed by atoms with van der Waals surface area (Å²) in [5.74, 6) is 0.666. The highest BCUT2D eigenvalue weighted by Crippen LogP contribution is 2.23. The van der Waals surface area contributed by atoms with Crippen molar-refractivity contribution in [1.29, 1.82) is 5.26 Å². The molecule has 0 bridgehead atoms. The van der Waals surface area contributed by atoms with Crippen molar-refractivity contribution in [1.82, 2.24) is 4.90 Å². The van der Waals surface area contributed by atoms with E-state index in [1.165, 1.54) is 5.69 Å². The molecule has 5 nitrogen and oxygen atoms in total. The number of rotatable bonds is 6. The molecule has 0 spiro atoms. The highest BCUT2D eigenvalue weighted by atomic mass is 16.5. The number of carbonyl (C=O) groups is 1. The van der Waals surface area contributed by atoms with Gasteiger partial charge in [0, 0.05) is 37.4 Å². The Bertz CT molecular complexity index is 1110.